The number of nitrogens with zero attached hydrogens (tertiary/aromatic N) is 3. The summed E-state index contributed by atoms with van der Waals surface area (Å²) >= 11 is 0. The molecular weight excluding hydrogens is 522 g/mol. The number of para-hydroxylation sites is 2. The van der Waals surface area contributed by atoms with Gasteiger partial charge in [0.25, 0.3) is 0 Å². The van der Waals surface area contributed by atoms with Crippen LogP contribution >= 0.6 is 0 Å². The van der Waals surface area contributed by atoms with E-state index in [1.807, 2.05) is 6.20 Å². The first-order chi connectivity index (χ1) is 21.3. The van der Waals surface area contributed by atoms with E-state index in [0.717, 1.165) is 44.3 Å². The fourth-order valence-corrected chi connectivity index (χ4v) is 6.63. The van der Waals surface area contributed by atoms with Gasteiger partial charge in [-0.05, 0) is 52.2 Å². The van der Waals surface area contributed by atoms with Gasteiger partial charge in [0.2, 0.25) is 0 Å². The van der Waals surface area contributed by atoms with Crippen LogP contribution < -0.4 is 0 Å². The molecule has 0 aliphatic carbocycles. The second kappa shape index (κ2) is 9.37. The third kappa shape index (κ3) is 3.68. The Labute approximate surface area is 248 Å². The van der Waals surface area contributed by atoms with Crippen molar-refractivity contribution < 1.29 is 0 Å². The van der Waals surface area contributed by atoms with Crippen LogP contribution in [0.4, 0.5) is 0 Å². The van der Waals surface area contributed by atoms with Gasteiger partial charge in [-0.1, -0.05) is 115 Å². The molecule has 9 rings (SSSR count). The molecule has 0 aliphatic rings. The van der Waals surface area contributed by atoms with Crippen LogP contribution in [-0.2, 0) is 0 Å². The first kappa shape index (κ1) is 23.9. The largest absolute Gasteiger partial charge is 0.309 e. The van der Waals surface area contributed by atoms with Crippen molar-refractivity contribution in [3.8, 4) is 28.1 Å². The Morgan fingerprint density at radius 3 is 1.79 bits per heavy atom. The Morgan fingerprint density at radius 1 is 0.395 bits per heavy atom. The van der Waals surface area contributed by atoms with Crippen LogP contribution in [0.3, 0.4) is 0 Å². The van der Waals surface area contributed by atoms with Crippen LogP contribution in [0.1, 0.15) is 0 Å². The third-order valence-corrected chi connectivity index (χ3v) is 8.61. The summed E-state index contributed by atoms with van der Waals surface area (Å²) < 4.78 is 2.36. The van der Waals surface area contributed by atoms with Crippen LogP contribution in [0, 0.1) is 0 Å². The van der Waals surface area contributed by atoms with Gasteiger partial charge in [-0.25, -0.2) is 4.98 Å². The highest BCUT2D eigenvalue weighted by Crippen LogP contribution is 2.37. The van der Waals surface area contributed by atoms with Gasteiger partial charge in [-0.3, -0.25) is 4.98 Å². The predicted molar refractivity (Wildman–Crippen MR) is 180 cm³/mol. The summed E-state index contributed by atoms with van der Waals surface area (Å²) in [6, 6.07) is 51.7. The minimum Gasteiger partial charge on any atom is -0.309 e. The van der Waals surface area contributed by atoms with Gasteiger partial charge in [-0.15, -0.1) is 0 Å². The molecule has 0 bridgehead atoms. The Morgan fingerprint density at radius 2 is 1.00 bits per heavy atom. The zero-order chi connectivity index (χ0) is 28.3. The molecule has 0 N–H and O–H groups in total. The lowest BCUT2D eigenvalue weighted by Gasteiger charge is -2.11. The monoisotopic (exact) mass is 547 g/mol. The van der Waals surface area contributed by atoms with Crippen LogP contribution in [0.15, 0.2) is 152 Å². The Hall–Kier alpha value is -5.80. The van der Waals surface area contributed by atoms with Crippen molar-refractivity contribution in [1.29, 1.82) is 0 Å². The average molecular weight is 548 g/mol. The first-order valence-corrected chi connectivity index (χ1v) is 14.6. The molecule has 0 radical (unpaired) electrons. The Kier molecular flexibility index (Phi) is 5.20. The molecule has 200 valence electrons. The molecule has 43 heavy (non-hydrogen) atoms. The SMILES string of the molecule is c1ccc(-n2c3ccccc3c3ccc(-c4cccc(-c5cnc6c7ccccc7c7ccccc7c6n5)c4)cc32)cc1. The van der Waals surface area contributed by atoms with E-state index >= 15 is 0 Å². The third-order valence-electron chi connectivity index (χ3n) is 8.61. The standard InChI is InChI=1S/C40H25N3/c1-2-13-29(14-3-1)43-37-20-9-8-17-32(37)33-22-21-27(24-38(33)43)26-11-10-12-28(23-26)36-25-41-39-34-18-6-4-15-30(34)31-16-5-7-19-35(31)40(39)42-36/h1-25H. The number of hydrogen-bond acceptors (Lipinski definition) is 2. The quantitative estimate of drug-likeness (QED) is 0.206. The maximum absolute atomic E-state index is 5.22. The highest BCUT2D eigenvalue weighted by molar-refractivity contribution is 6.23. The van der Waals surface area contributed by atoms with Gasteiger partial charge < -0.3 is 4.57 Å². The van der Waals surface area contributed by atoms with Crippen LogP contribution in [-0.4, -0.2) is 14.5 Å². The molecular formula is C40H25N3. The summed E-state index contributed by atoms with van der Waals surface area (Å²) in [7, 11) is 0. The minimum atomic E-state index is 0.870. The van der Waals surface area contributed by atoms with Crippen molar-refractivity contribution in [3.63, 3.8) is 0 Å². The summed E-state index contributed by atoms with van der Waals surface area (Å²) in [6.45, 7) is 0. The molecule has 0 amide bonds. The van der Waals surface area contributed by atoms with Crippen LogP contribution in [0.25, 0.3) is 82.5 Å². The number of fused-ring (bicyclic) bond motifs is 9. The molecule has 0 aliphatic heterocycles. The van der Waals surface area contributed by atoms with Gasteiger partial charge in [0.1, 0.15) is 0 Å². The highest BCUT2D eigenvalue weighted by atomic mass is 15.0. The van der Waals surface area contributed by atoms with Crippen molar-refractivity contribution >= 4 is 54.4 Å². The zero-order valence-electron chi connectivity index (χ0n) is 23.3. The number of rotatable bonds is 3. The van der Waals surface area contributed by atoms with E-state index < -0.39 is 0 Å². The van der Waals surface area contributed by atoms with Crippen molar-refractivity contribution in [1.82, 2.24) is 14.5 Å². The molecule has 0 unspecified atom stereocenters. The lowest BCUT2D eigenvalue weighted by Crippen LogP contribution is -1.93. The molecule has 3 heteroatoms. The number of aromatic nitrogens is 3. The summed E-state index contributed by atoms with van der Waals surface area (Å²) in [5, 5.41) is 7.17. The van der Waals surface area contributed by atoms with Gasteiger partial charge >= 0.3 is 0 Å². The van der Waals surface area contributed by atoms with Crippen molar-refractivity contribution in [2.45, 2.75) is 0 Å². The van der Waals surface area contributed by atoms with E-state index in [2.05, 4.69) is 150 Å². The molecule has 0 saturated carbocycles. The summed E-state index contributed by atoms with van der Waals surface area (Å²) in [5.41, 5.74) is 9.67. The second-order valence-corrected chi connectivity index (χ2v) is 11.0. The summed E-state index contributed by atoms with van der Waals surface area (Å²) in [4.78, 5) is 10.2. The zero-order valence-corrected chi connectivity index (χ0v) is 23.3. The van der Waals surface area contributed by atoms with E-state index in [-0.39, 0.29) is 0 Å². The van der Waals surface area contributed by atoms with E-state index in [0.29, 0.717) is 0 Å². The topological polar surface area (TPSA) is 30.7 Å². The lowest BCUT2D eigenvalue weighted by atomic mass is 9.98. The maximum Gasteiger partial charge on any atom is 0.0979 e. The molecule has 0 fully saturated rings. The Balaban J connectivity index is 1.22. The average Bonchev–Trinajstić information content (AvgIpc) is 3.42. The van der Waals surface area contributed by atoms with Crippen molar-refractivity contribution in [3.05, 3.63) is 152 Å². The molecule has 3 nitrogen and oxygen atoms in total. The predicted octanol–water partition coefficient (Wildman–Crippen LogP) is 10.4. The van der Waals surface area contributed by atoms with E-state index in [1.165, 1.54) is 38.1 Å². The van der Waals surface area contributed by atoms with Crippen LogP contribution in [0.2, 0.25) is 0 Å². The normalized spacial score (nSPS) is 11.7. The molecule has 2 aromatic heterocycles. The van der Waals surface area contributed by atoms with Gasteiger partial charge in [-0.2, -0.15) is 0 Å². The first-order valence-electron chi connectivity index (χ1n) is 14.6. The molecule has 2 heterocycles. The number of hydrogen-bond donors (Lipinski definition) is 0. The van der Waals surface area contributed by atoms with Crippen molar-refractivity contribution in [2.75, 3.05) is 0 Å². The van der Waals surface area contributed by atoms with Crippen molar-refractivity contribution in [2.24, 2.45) is 0 Å². The van der Waals surface area contributed by atoms with Gasteiger partial charge in [0.05, 0.1) is 34.0 Å². The minimum absolute atomic E-state index is 0.870. The van der Waals surface area contributed by atoms with Gasteiger partial charge in [0.15, 0.2) is 0 Å². The van der Waals surface area contributed by atoms with Gasteiger partial charge in [0, 0.05) is 32.8 Å². The Bertz CT molecular complexity index is 2470. The molecule has 0 atom stereocenters. The maximum atomic E-state index is 5.22. The van der Waals surface area contributed by atoms with E-state index in [4.69, 9.17) is 9.97 Å². The fraction of sp³-hybridized carbons (Fsp3) is 0. The second-order valence-electron chi connectivity index (χ2n) is 11.0. The molecule has 0 saturated heterocycles. The number of benzene rings is 7. The fourth-order valence-electron chi connectivity index (χ4n) is 6.63. The smallest absolute Gasteiger partial charge is 0.0979 e. The van der Waals surface area contributed by atoms with Crippen LogP contribution in [0.5, 0.6) is 0 Å². The molecule has 0 spiro atoms. The lowest BCUT2D eigenvalue weighted by molar-refractivity contribution is 1.18. The molecule has 9 aromatic rings. The summed E-state index contributed by atoms with van der Waals surface area (Å²) in [5.74, 6) is 0. The summed E-state index contributed by atoms with van der Waals surface area (Å²) in [6.07, 6.45) is 1.92. The van der Waals surface area contributed by atoms with E-state index in [9.17, 15) is 0 Å². The molecule has 7 aromatic carbocycles. The highest BCUT2D eigenvalue weighted by Gasteiger charge is 2.15. The van der Waals surface area contributed by atoms with E-state index in [1.54, 1.807) is 0 Å².